The first-order valence-electron chi connectivity index (χ1n) is 14.6. The Morgan fingerprint density at radius 1 is 1.02 bits per heavy atom. The van der Waals surface area contributed by atoms with Crippen LogP contribution in [-0.4, -0.2) is 60.4 Å². The molecule has 46 heavy (non-hydrogen) atoms. The zero-order valence-corrected chi connectivity index (χ0v) is 26.4. The van der Waals surface area contributed by atoms with Gasteiger partial charge in [-0.1, -0.05) is 24.8 Å². The molecule has 14 heteroatoms. The van der Waals surface area contributed by atoms with Crippen LogP contribution in [0, 0.1) is 17.7 Å². The number of rotatable bonds is 13. The second kappa shape index (κ2) is 15.7. The topological polar surface area (TPSA) is 111 Å². The highest BCUT2D eigenvalue weighted by Crippen LogP contribution is 2.42. The average Bonchev–Trinajstić information content (AvgIpc) is 3.02. The van der Waals surface area contributed by atoms with E-state index in [9.17, 15) is 27.9 Å². The van der Waals surface area contributed by atoms with Gasteiger partial charge < -0.3 is 24.2 Å². The van der Waals surface area contributed by atoms with Crippen LogP contribution in [0.5, 0.6) is 11.5 Å². The molecule has 0 atom stereocenters. The standard InChI is InChI=1S/C32H35F4N3O6S/c1-19-5-8-21(9-6-19)29(40)39(22(16-43-2)17-44-3)26-15-25(33)28(14-23(26)30(41)42)45-27-10-7-20(13-24(27)32(34,35)36)18-46-31-37-11-4-12-38-31/h4,7,10-15,19,21-22H,5-6,8-9,16-18H2,1-3H3,(H,41,42)/t19-,21-. The number of amides is 1. The zero-order chi connectivity index (χ0) is 33.4. The number of carboxylic acid groups (broad SMARTS) is 1. The molecule has 4 rings (SSSR count). The maximum absolute atomic E-state index is 15.7. The van der Waals surface area contributed by atoms with Crippen LogP contribution in [-0.2, 0) is 26.2 Å². The summed E-state index contributed by atoms with van der Waals surface area (Å²) in [5, 5.41) is 10.5. The monoisotopic (exact) mass is 665 g/mol. The summed E-state index contributed by atoms with van der Waals surface area (Å²) >= 11 is 1.13. The number of aromatic carboxylic acids is 1. The van der Waals surface area contributed by atoms with Crippen molar-refractivity contribution in [2.45, 2.75) is 55.7 Å². The predicted octanol–water partition coefficient (Wildman–Crippen LogP) is 7.24. The Labute approximate surface area is 268 Å². The Morgan fingerprint density at radius 2 is 1.67 bits per heavy atom. The summed E-state index contributed by atoms with van der Waals surface area (Å²) in [6.07, 6.45) is 0.897. The Balaban J connectivity index is 1.71. The molecule has 2 aromatic carbocycles. The molecule has 0 unspecified atom stereocenters. The van der Waals surface area contributed by atoms with Crippen molar-refractivity contribution >= 4 is 29.3 Å². The van der Waals surface area contributed by atoms with Gasteiger partial charge in [-0.3, -0.25) is 4.79 Å². The molecule has 1 fully saturated rings. The van der Waals surface area contributed by atoms with Crippen molar-refractivity contribution in [1.82, 2.24) is 9.97 Å². The van der Waals surface area contributed by atoms with Crippen LogP contribution in [0.25, 0.3) is 0 Å². The molecule has 1 aliphatic carbocycles. The molecule has 0 radical (unpaired) electrons. The molecule has 1 saturated carbocycles. The number of hydrogen-bond acceptors (Lipinski definition) is 8. The third-order valence-corrected chi connectivity index (χ3v) is 8.65. The van der Waals surface area contributed by atoms with Crippen molar-refractivity contribution in [3.05, 3.63) is 71.3 Å². The van der Waals surface area contributed by atoms with Gasteiger partial charge in [-0.05, 0) is 55.4 Å². The van der Waals surface area contributed by atoms with Crippen molar-refractivity contribution < 1.29 is 46.5 Å². The highest BCUT2D eigenvalue weighted by molar-refractivity contribution is 7.98. The first kappa shape index (κ1) is 35.1. The zero-order valence-electron chi connectivity index (χ0n) is 25.6. The van der Waals surface area contributed by atoms with Crippen LogP contribution in [0.1, 0.15) is 54.1 Å². The van der Waals surface area contributed by atoms with Gasteiger partial charge >= 0.3 is 12.1 Å². The maximum atomic E-state index is 15.7. The van der Waals surface area contributed by atoms with Crippen LogP contribution in [0.15, 0.2) is 53.9 Å². The molecule has 9 nitrogen and oxygen atoms in total. The van der Waals surface area contributed by atoms with E-state index in [2.05, 4.69) is 16.9 Å². The van der Waals surface area contributed by atoms with Crippen LogP contribution < -0.4 is 9.64 Å². The first-order valence-corrected chi connectivity index (χ1v) is 15.6. The lowest BCUT2D eigenvalue weighted by Crippen LogP contribution is -2.49. The van der Waals surface area contributed by atoms with E-state index in [0.29, 0.717) is 23.9 Å². The van der Waals surface area contributed by atoms with Gasteiger partial charge in [0.05, 0.1) is 36.1 Å². The molecule has 1 amide bonds. The number of halogens is 4. The van der Waals surface area contributed by atoms with Crippen molar-refractivity contribution in [3.8, 4) is 11.5 Å². The fraction of sp³-hybridized carbons (Fsp3) is 0.438. The van der Waals surface area contributed by atoms with Crippen molar-refractivity contribution in [1.29, 1.82) is 0 Å². The Kier molecular flexibility index (Phi) is 12.0. The number of carbonyl (C=O) groups is 2. The lowest BCUT2D eigenvalue weighted by Gasteiger charge is -2.36. The molecule has 1 N–H and O–H groups in total. The predicted molar refractivity (Wildman–Crippen MR) is 163 cm³/mol. The SMILES string of the molecule is COCC(COC)N(c1cc(F)c(Oc2ccc(CSc3ncccn3)cc2C(F)(F)F)cc1C(=O)O)C(=O)[C@H]1CC[C@H](C)CC1. The summed E-state index contributed by atoms with van der Waals surface area (Å²) < 4.78 is 74.1. The van der Waals surface area contributed by atoms with Crippen molar-refractivity contribution in [2.24, 2.45) is 11.8 Å². The maximum Gasteiger partial charge on any atom is 0.419 e. The molecule has 0 aliphatic heterocycles. The van der Waals surface area contributed by atoms with E-state index in [0.717, 1.165) is 48.9 Å². The van der Waals surface area contributed by atoms with E-state index in [1.165, 1.54) is 37.6 Å². The van der Waals surface area contributed by atoms with Crippen LogP contribution in [0.3, 0.4) is 0 Å². The molecule has 1 heterocycles. The number of carboxylic acids is 1. The summed E-state index contributed by atoms with van der Waals surface area (Å²) in [5.41, 5.74) is -1.70. The Hall–Kier alpha value is -3.75. The summed E-state index contributed by atoms with van der Waals surface area (Å²) in [6.45, 7) is 2.00. The molecular formula is C32H35F4N3O6S. The summed E-state index contributed by atoms with van der Waals surface area (Å²) in [4.78, 5) is 35.7. The fourth-order valence-electron chi connectivity index (χ4n) is 5.38. The molecular weight excluding hydrogens is 630 g/mol. The number of ether oxygens (including phenoxy) is 3. The van der Waals surface area contributed by atoms with Gasteiger partial charge in [0.2, 0.25) is 5.91 Å². The van der Waals surface area contributed by atoms with E-state index < -0.39 is 58.5 Å². The number of methoxy groups -OCH3 is 2. The molecule has 0 spiro atoms. The van der Waals surface area contributed by atoms with E-state index in [4.69, 9.17) is 14.2 Å². The summed E-state index contributed by atoms with van der Waals surface area (Å²) in [6, 6.07) is 5.71. The molecule has 0 saturated heterocycles. The van der Waals surface area contributed by atoms with Gasteiger partial charge in [0, 0.05) is 50.4 Å². The van der Waals surface area contributed by atoms with Gasteiger partial charge in [0.25, 0.3) is 0 Å². The van der Waals surface area contributed by atoms with Crippen LogP contribution >= 0.6 is 11.8 Å². The minimum absolute atomic E-state index is 0.0440. The summed E-state index contributed by atoms with van der Waals surface area (Å²) in [5.74, 6) is -4.45. The normalized spacial score (nSPS) is 16.8. The number of aromatic nitrogens is 2. The number of anilines is 1. The number of carbonyl (C=O) groups excluding carboxylic acids is 1. The second-order valence-electron chi connectivity index (χ2n) is 11.1. The average molecular weight is 666 g/mol. The third-order valence-electron chi connectivity index (χ3n) is 7.71. The molecule has 0 bridgehead atoms. The van der Waals surface area contributed by atoms with E-state index in [-0.39, 0.29) is 30.2 Å². The number of hydrogen-bond donors (Lipinski definition) is 1. The van der Waals surface area contributed by atoms with Gasteiger partial charge in [0.15, 0.2) is 16.7 Å². The molecule has 1 aromatic heterocycles. The van der Waals surface area contributed by atoms with Gasteiger partial charge in [-0.2, -0.15) is 13.2 Å². The van der Waals surface area contributed by atoms with Crippen molar-refractivity contribution in [2.75, 3.05) is 32.3 Å². The first-order chi connectivity index (χ1) is 21.9. The Bertz CT molecular complexity index is 1500. The molecule has 1 aliphatic rings. The molecule has 248 valence electrons. The van der Waals surface area contributed by atoms with Crippen molar-refractivity contribution in [3.63, 3.8) is 0 Å². The number of alkyl halides is 3. The van der Waals surface area contributed by atoms with Gasteiger partial charge in [-0.15, -0.1) is 0 Å². The summed E-state index contributed by atoms with van der Waals surface area (Å²) in [7, 11) is 2.81. The minimum atomic E-state index is -4.88. The largest absolute Gasteiger partial charge is 0.478 e. The quantitative estimate of drug-likeness (QED) is 0.115. The van der Waals surface area contributed by atoms with E-state index >= 15 is 4.39 Å². The smallest absolute Gasteiger partial charge is 0.419 e. The van der Waals surface area contributed by atoms with E-state index in [1.54, 1.807) is 6.07 Å². The number of thioether (sulfide) groups is 1. The fourth-order valence-corrected chi connectivity index (χ4v) is 6.12. The Morgan fingerprint density at radius 3 is 2.26 bits per heavy atom. The van der Waals surface area contributed by atoms with Gasteiger partial charge in [0.1, 0.15) is 5.75 Å². The van der Waals surface area contributed by atoms with Gasteiger partial charge in [-0.25, -0.2) is 19.2 Å². The van der Waals surface area contributed by atoms with Crippen LogP contribution in [0.4, 0.5) is 23.2 Å². The number of nitrogens with zero attached hydrogens (tertiary/aromatic N) is 3. The lowest BCUT2D eigenvalue weighted by atomic mass is 9.82. The molecule has 3 aromatic rings. The van der Waals surface area contributed by atoms with Crippen LogP contribution in [0.2, 0.25) is 0 Å². The minimum Gasteiger partial charge on any atom is -0.478 e. The lowest BCUT2D eigenvalue weighted by molar-refractivity contribution is -0.138. The number of benzene rings is 2. The second-order valence-corrected chi connectivity index (χ2v) is 12.0. The highest BCUT2D eigenvalue weighted by atomic mass is 32.2. The third kappa shape index (κ3) is 8.74. The highest BCUT2D eigenvalue weighted by Gasteiger charge is 2.37. The van der Waals surface area contributed by atoms with E-state index in [1.807, 2.05) is 0 Å².